The van der Waals surface area contributed by atoms with Crippen molar-refractivity contribution >= 4 is 23.4 Å². The van der Waals surface area contributed by atoms with E-state index in [1.807, 2.05) is 12.1 Å². The van der Waals surface area contributed by atoms with Crippen molar-refractivity contribution in [3.05, 3.63) is 47.9 Å². The van der Waals surface area contributed by atoms with E-state index in [2.05, 4.69) is 5.32 Å². The quantitative estimate of drug-likeness (QED) is 0.942. The fourth-order valence-corrected chi connectivity index (χ4v) is 2.70. The smallest absolute Gasteiger partial charge is 0.411 e. The zero-order valence-electron chi connectivity index (χ0n) is 12.9. The lowest BCUT2D eigenvalue weighted by Crippen LogP contribution is -2.35. The molecular weight excluding hydrogens is 296 g/mol. The summed E-state index contributed by atoms with van der Waals surface area (Å²) in [7, 11) is 0. The lowest BCUT2D eigenvalue weighted by molar-refractivity contribution is 0.0958. The Labute approximate surface area is 134 Å². The first-order valence-corrected chi connectivity index (χ1v) is 7.61. The van der Waals surface area contributed by atoms with Gasteiger partial charge in [0.25, 0.3) is 5.91 Å². The molecule has 1 aliphatic rings. The van der Waals surface area contributed by atoms with Gasteiger partial charge in [-0.25, -0.2) is 4.79 Å². The van der Waals surface area contributed by atoms with Crippen molar-refractivity contribution in [1.29, 1.82) is 0 Å². The summed E-state index contributed by atoms with van der Waals surface area (Å²) in [5.41, 5.74) is 2.53. The Balaban J connectivity index is 1.82. The Morgan fingerprint density at radius 2 is 2.22 bits per heavy atom. The Morgan fingerprint density at radius 3 is 2.96 bits per heavy atom. The number of amides is 2. The summed E-state index contributed by atoms with van der Waals surface area (Å²) in [5, 5.41) is 2.68. The number of carbonyl (C=O) groups excluding carboxylic acids is 2. The molecule has 1 N–H and O–H groups in total. The van der Waals surface area contributed by atoms with E-state index >= 15 is 0 Å². The fraction of sp³-hybridized carbons (Fsp3) is 0.294. The molecule has 1 aliphatic heterocycles. The van der Waals surface area contributed by atoms with Gasteiger partial charge < -0.3 is 14.1 Å². The van der Waals surface area contributed by atoms with Gasteiger partial charge in [-0.2, -0.15) is 0 Å². The Bertz CT molecular complexity index is 709. The van der Waals surface area contributed by atoms with Crippen LogP contribution in [0, 0.1) is 0 Å². The number of aryl methyl sites for hydroxylation is 1. The minimum Gasteiger partial charge on any atom is -0.459 e. The number of benzene rings is 1. The highest BCUT2D eigenvalue weighted by Crippen LogP contribution is 2.31. The van der Waals surface area contributed by atoms with Gasteiger partial charge in [0.15, 0.2) is 5.76 Å². The third-order valence-corrected chi connectivity index (χ3v) is 3.70. The second kappa shape index (κ2) is 6.56. The number of nitrogens with zero attached hydrogens (tertiary/aromatic N) is 1. The Hall–Kier alpha value is -2.76. The molecule has 120 valence electrons. The van der Waals surface area contributed by atoms with E-state index in [9.17, 15) is 9.59 Å². The van der Waals surface area contributed by atoms with Gasteiger partial charge in [0, 0.05) is 17.9 Å². The van der Waals surface area contributed by atoms with Crippen LogP contribution < -0.4 is 10.2 Å². The summed E-state index contributed by atoms with van der Waals surface area (Å²) in [5.74, 6) is 0.175. The number of carbonyl (C=O) groups is 2. The van der Waals surface area contributed by atoms with Crippen LogP contribution in [0.15, 0.2) is 41.0 Å². The number of ether oxygens (including phenoxy) is 1. The number of hydrogen-bond donors (Lipinski definition) is 1. The highest BCUT2D eigenvalue weighted by Gasteiger charge is 2.25. The monoisotopic (exact) mass is 314 g/mol. The maximum absolute atomic E-state index is 12.5. The molecule has 0 atom stereocenters. The molecule has 0 saturated heterocycles. The molecule has 2 aromatic rings. The predicted octanol–water partition coefficient (Wildman–Crippen LogP) is 3.44. The fourth-order valence-electron chi connectivity index (χ4n) is 2.70. The molecule has 0 fully saturated rings. The molecule has 0 bridgehead atoms. The van der Waals surface area contributed by atoms with Gasteiger partial charge in [-0.1, -0.05) is 0 Å². The van der Waals surface area contributed by atoms with Crippen LogP contribution in [-0.4, -0.2) is 25.2 Å². The predicted molar refractivity (Wildman–Crippen MR) is 85.8 cm³/mol. The van der Waals surface area contributed by atoms with Gasteiger partial charge in [-0.05, 0) is 55.7 Å². The number of rotatable bonds is 3. The lowest BCUT2D eigenvalue weighted by atomic mass is 10.0. The Kier molecular flexibility index (Phi) is 4.32. The number of anilines is 2. The van der Waals surface area contributed by atoms with E-state index in [0.717, 1.165) is 24.1 Å². The average molecular weight is 314 g/mol. The van der Waals surface area contributed by atoms with Crippen molar-refractivity contribution in [2.45, 2.75) is 19.8 Å². The molecule has 0 saturated carbocycles. The maximum atomic E-state index is 12.5. The van der Waals surface area contributed by atoms with Crippen molar-refractivity contribution in [3.63, 3.8) is 0 Å². The molecule has 0 spiro atoms. The summed E-state index contributed by atoms with van der Waals surface area (Å²) in [6.07, 6.45) is 2.73. The maximum Gasteiger partial charge on any atom is 0.411 e. The number of fused-ring (bicyclic) bond motifs is 1. The van der Waals surface area contributed by atoms with Crippen LogP contribution in [0.25, 0.3) is 0 Å². The highest BCUT2D eigenvalue weighted by molar-refractivity contribution is 6.05. The van der Waals surface area contributed by atoms with E-state index in [0.29, 0.717) is 24.6 Å². The van der Waals surface area contributed by atoms with Crippen LogP contribution in [0.4, 0.5) is 16.2 Å². The van der Waals surface area contributed by atoms with E-state index in [1.54, 1.807) is 30.0 Å². The molecule has 23 heavy (non-hydrogen) atoms. The van der Waals surface area contributed by atoms with E-state index in [4.69, 9.17) is 9.15 Å². The van der Waals surface area contributed by atoms with Crippen LogP contribution in [-0.2, 0) is 11.2 Å². The molecule has 2 heterocycles. The number of nitrogens with one attached hydrogen (secondary N) is 1. The topological polar surface area (TPSA) is 71.8 Å². The second-order valence-electron chi connectivity index (χ2n) is 5.23. The van der Waals surface area contributed by atoms with Crippen molar-refractivity contribution < 1.29 is 18.7 Å². The second-order valence-corrected chi connectivity index (χ2v) is 5.23. The summed E-state index contributed by atoms with van der Waals surface area (Å²) in [6.45, 7) is 2.73. The normalized spacial score (nSPS) is 13.3. The van der Waals surface area contributed by atoms with Gasteiger partial charge in [-0.15, -0.1) is 0 Å². The molecule has 0 unspecified atom stereocenters. The van der Waals surface area contributed by atoms with Gasteiger partial charge >= 0.3 is 6.09 Å². The van der Waals surface area contributed by atoms with Crippen molar-refractivity contribution in [2.75, 3.05) is 23.4 Å². The molecule has 2 amide bonds. The molecule has 3 rings (SSSR count). The Morgan fingerprint density at radius 1 is 1.35 bits per heavy atom. The minimum absolute atomic E-state index is 0.151. The largest absolute Gasteiger partial charge is 0.459 e. The molecule has 6 heteroatoms. The SMILES string of the molecule is CCOC(=O)Nc1ccc2c(c1)CCCN2C(=O)c1ccco1. The van der Waals surface area contributed by atoms with Crippen molar-refractivity contribution in [1.82, 2.24) is 0 Å². The van der Waals surface area contributed by atoms with E-state index in [1.165, 1.54) is 6.26 Å². The molecule has 1 aromatic heterocycles. The number of hydrogen-bond acceptors (Lipinski definition) is 4. The first-order valence-electron chi connectivity index (χ1n) is 7.61. The average Bonchev–Trinajstić information content (AvgIpc) is 3.08. The number of furan rings is 1. The molecule has 0 radical (unpaired) electrons. The third kappa shape index (κ3) is 3.21. The van der Waals surface area contributed by atoms with Crippen LogP contribution in [0.5, 0.6) is 0 Å². The zero-order chi connectivity index (χ0) is 16.2. The third-order valence-electron chi connectivity index (χ3n) is 3.70. The first kappa shape index (κ1) is 15.1. The van der Waals surface area contributed by atoms with Gasteiger partial charge in [-0.3, -0.25) is 10.1 Å². The zero-order valence-corrected chi connectivity index (χ0v) is 12.9. The van der Waals surface area contributed by atoms with E-state index < -0.39 is 6.09 Å². The van der Waals surface area contributed by atoms with E-state index in [-0.39, 0.29) is 5.91 Å². The van der Waals surface area contributed by atoms with Crippen LogP contribution >= 0.6 is 0 Å². The molecule has 1 aromatic carbocycles. The van der Waals surface area contributed by atoms with Crippen LogP contribution in [0.1, 0.15) is 29.5 Å². The van der Waals surface area contributed by atoms with Crippen LogP contribution in [0.2, 0.25) is 0 Å². The molecule has 6 nitrogen and oxygen atoms in total. The summed E-state index contributed by atoms with van der Waals surface area (Å²) in [6, 6.07) is 8.85. The molecule has 0 aliphatic carbocycles. The van der Waals surface area contributed by atoms with Gasteiger partial charge in [0.1, 0.15) is 0 Å². The van der Waals surface area contributed by atoms with Crippen molar-refractivity contribution in [3.8, 4) is 0 Å². The lowest BCUT2D eigenvalue weighted by Gasteiger charge is -2.29. The minimum atomic E-state index is -0.480. The summed E-state index contributed by atoms with van der Waals surface area (Å²) >= 11 is 0. The highest BCUT2D eigenvalue weighted by atomic mass is 16.5. The first-order chi connectivity index (χ1) is 11.2. The van der Waals surface area contributed by atoms with Crippen molar-refractivity contribution in [2.24, 2.45) is 0 Å². The van der Waals surface area contributed by atoms with Gasteiger partial charge in [0.05, 0.1) is 12.9 Å². The van der Waals surface area contributed by atoms with Gasteiger partial charge in [0.2, 0.25) is 0 Å². The van der Waals surface area contributed by atoms with Crippen LogP contribution in [0.3, 0.4) is 0 Å². The summed E-state index contributed by atoms with van der Waals surface area (Å²) in [4.78, 5) is 25.7. The molecular formula is C17H18N2O4. The standard InChI is InChI=1S/C17H18N2O4/c1-2-22-17(21)18-13-7-8-14-12(11-13)5-3-9-19(14)16(20)15-6-4-10-23-15/h4,6-8,10-11H,2-3,5,9H2,1H3,(H,18,21). The summed E-state index contributed by atoms with van der Waals surface area (Å²) < 4.78 is 10.1.